The first kappa shape index (κ1) is 17.7. The van der Waals surface area contributed by atoms with Crippen LogP contribution in [0.25, 0.3) is 11.3 Å². The summed E-state index contributed by atoms with van der Waals surface area (Å²) >= 11 is 0. The van der Waals surface area contributed by atoms with Crippen LogP contribution in [0.4, 0.5) is 4.39 Å². The second-order valence-electron chi connectivity index (χ2n) is 6.27. The van der Waals surface area contributed by atoms with E-state index in [1.807, 2.05) is 30.3 Å². The monoisotopic (exact) mass is 376 g/mol. The predicted molar refractivity (Wildman–Crippen MR) is 101 cm³/mol. The zero-order valence-electron chi connectivity index (χ0n) is 14.9. The van der Waals surface area contributed by atoms with E-state index in [2.05, 4.69) is 5.16 Å². The van der Waals surface area contributed by atoms with Crippen LogP contribution in [0.1, 0.15) is 21.8 Å². The highest BCUT2D eigenvalue weighted by Gasteiger charge is 2.23. The summed E-state index contributed by atoms with van der Waals surface area (Å²) in [5.41, 5.74) is 1.39. The summed E-state index contributed by atoms with van der Waals surface area (Å²) < 4.78 is 24.8. The highest BCUT2D eigenvalue weighted by molar-refractivity contribution is 5.93. The van der Waals surface area contributed by atoms with E-state index in [0.29, 0.717) is 17.1 Å². The van der Waals surface area contributed by atoms with Crippen LogP contribution in [0.15, 0.2) is 88.0 Å². The maximum Gasteiger partial charge on any atom is 0.276 e. The van der Waals surface area contributed by atoms with Crippen LogP contribution in [0, 0.1) is 5.82 Å². The van der Waals surface area contributed by atoms with E-state index < -0.39 is 0 Å². The topological polar surface area (TPSA) is 59.5 Å². The molecule has 0 fully saturated rings. The van der Waals surface area contributed by atoms with Gasteiger partial charge in [-0.2, -0.15) is 0 Å². The molecule has 4 rings (SSSR count). The number of benzene rings is 2. The summed E-state index contributed by atoms with van der Waals surface area (Å²) in [6.45, 7) is 0.271. The molecule has 2 aromatic carbocycles. The molecule has 1 amide bonds. The van der Waals surface area contributed by atoms with E-state index in [1.54, 1.807) is 36.4 Å². The van der Waals surface area contributed by atoms with Crippen molar-refractivity contribution in [3.63, 3.8) is 0 Å². The third-order valence-corrected chi connectivity index (χ3v) is 4.32. The van der Waals surface area contributed by atoms with Crippen LogP contribution in [-0.2, 0) is 13.1 Å². The van der Waals surface area contributed by atoms with Crippen molar-refractivity contribution in [3.05, 3.63) is 102 Å². The van der Waals surface area contributed by atoms with Crippen molar-refractivity contribution in [2.75, 3.05) is 0 Å². The summed E-state index contributed by atoms with van der Waals surface area (Å²) in [6, 6.07) is 20.8. The molecule has 0 bridgehead atoms. The van der Waals surface area contributed by atoms with Crippen molar-refractivity contribution in [1.29, 1.82) is 0 Å². The fourth-order valence-electron chi connectivity index (χ4n) is 2.90. The van der Waals surface area contributed by atoms with Gasteiger partial charge in [-0.3, -0.25) is 4.79 Å². The van der Waals surface area contributed by atoms with Crippen molar-refractivity contribution in [2.45, 2.75) is 13.1 Å². The number of carbonyl (C=O) groups excluding carboxylic acids is 1. The van der Waals surface area contributed by atoms with Gasteiger partial charge >= 0.3 is 0 Å². The standard InChI is InChI=1S/C22H17FN2O3/c23-19-11-5-4-9-17(19)14-25(15-18-10-6-12-27-18)22(26)20-13-21(28-24-20)16-7-2-1-3-8-16/h1-13H,14-15H2. The Bertz CT molecular complexity index is 1060. The van der Waals surface area contributed by atoms with Gasteiger partial charge in [0, 0.05) is 23.7 Å². The van der Waals surface area contributed by atoms with Gasteiger partial charge in [0.2, 0.25) is 0 Å². The Morgan fingerprint density at radius 1 is 0.964 bits per heavy atom. The molecular formula is C22H17FN2O3. The van der Waals surface area contributed by atoms with Gasteiger partial charge in [0.15, 0.2) is 11.5 Å². The number of amides is 1. The van der Waals surface area contributed by atoms with Gasteiger partial charge in [-0.05, 0) is 18.2 Å². The Morgan fingerprint density at radius 2 is 1.75 bits per heavy atom. The number of halogens is 1. The number of hydrogen-bond acceptors (Lipinski definition) is 4. The number of furan rings is 1. The van der Waals surface area contributed by atoms with Gasteiger partial charge in [-0.1, -0.05) is 53.7 Å². The maximum absolute atomic E-state index is 14.1. The number of hydrogen-bond donors (Lipinski definition) is 0. The molecule has 140 valence electrons. The maximum atomic E-state index is 14.1. The fourth-order valence-corrected chi connectivity index (χ4v) is 2.90. The lowest BCUT2D eigenvalue weighted by Crippen LogP contribution is -2.30. The lowest BCUT2D eigenvalue weighted by Gasteiger charge is -2.21. The Hall–Kier alpha value is -3.67. The normalized spacial score (nSPS) is 10.8. The summed E-state index contributed by atoms with van der Waals surface area (Å²) in [4.78, 5) is 14.5. The first-order valence-electron chi connectivity index (χ1n) is 8.78. The van der Waals surface area contributed by atoms with E-state index in [1.165, 1.54) is 17.2 Å². The molecule has 0 radical (unpaired) electrons. The molecule has 5 nitrogen and oxygen atoms in total. The first-order chi connectivity index (χ1) is 13.7. The van der Waals surface area contributed by atoms with Crippen molar-refractivity contribution in [2.24, 2.45) is 0 Å². The minimum atomic E-state index is -0.370. The van der Waals surface area contributed by atoms with Crippen molar-refractivity contribution < 1.29 is 18.1 Å². The van der Waals surface area contributed by atoms with Crippen LogP contribution in [0.2, 0.25) is 0 Å². The molecule has 0 unspecified atom stereocenters. The number of aromatic nitrogens is 1. The predicted octanol–water partition coefficient (Wildman–Crippen LogP) is 4.92. The molecule has 0 spiro atoms. The van der Waals surface area contributed by atoms with Gasteiger partial charge in [-0.25, -0.2) is 4.39 Å². The van der Waals surface area contributed by atoms with Crippen LogP contribution in [0.5, 0.6) is 0 Å². The van der Waals surface area contributed by atoms with Crippen molar-refractivity contribution in [1.82, 2.24) is 10.1 Å². The van der Waals surface area contributed by atoms with Gasteiger partial charge in [0.1, 0.15) is 11.6 Å². The molecule has 0 saturated carbocycles. The number of rotatable bonds is 6. The number of carbonyl (C=O) groups is 1. The minimum absolute atomic E-state index is 0.0831. The molecule has 0 aliphatic carbocycles. The average molecular weight is 376 g/mol. The third-order valence-electron chi connectivity index (χ3n) is 4.32. The van der Waals surface area contributed by atoms with Crippen LogP contribution in [-0.4, -0.2) is 16.0 Å². The van der Waals surface area contributed by atoms with Gasteiger partial charge in [0.25, 0.3) is 5.91 Å². The highest BCUT2D eigenvalue weighted by atomic mass is 19.1. The Morgan fingerprint density at radius 3 is 2.50 bits per heavy atom. The first-order valence-corrected chi connectivity index (χ1v) is 8.78. The van der Waals surface area contributed by atoms with Crippen LogP contribution in [0.3, 0.4) is 0 Å². The van der Waals surface area contributed by atoms with Gasteiger partial charge in [0.05, 0.1) is 12.8 Å². The second kappa shape index (κ2) is 7.92. The summed E-state index contributed by atoms with van der Waals surface area (Å²) in [5, 5.41) is 3.92. The van der Waals surface area contributed by atoms with E-state index in [9.17, 15) is 9.18 Å². The largest absolute Gasteiger partial charge is 0.467 e. The van der Waals surface area contributed by atoms with E-state index in [0.717, 1.165) is 5.56 Å². The van der Waals surface area contributed by atoms with Gasteiger partial charge in [-0.15, -0.1) is 0 Å². The lowest BCUT2D eigenvalue weighted by atomic mass is 10.1. The highest BCUT2D eigenvalue weighted by Crippen LogP contribution is 2.22. The minimum Gasteiger partial charge on any atom is -0.467 e. The molecule has 28 heavy (non-hydrogen) atoms. The van der Waals surface area contributed by atoms with Crippen LogP contribution < -0.4 is 0 Å². The molecule has 6 heteroatoms. The lowest BCUT2D eigenvalue weighted by molar-refractivity contribution is 0.0705. The Balaban J connectivity index is 1.61. The zero-order chi connectivity index (χ0) is 19.3. The van der Waals surface area contributed by atoms with E-state index in [4.69, 9.17) is 8.94 Å². The smallest absolute Gasteiger partial charge is 0.276 e. The van der Waals surface area contributed by atoms with Crippen molar-refractivity contribution >= 4 is 5.91 Å². The summed E-state index contributed by atoms with van der Waals surface area (Å²) in [5.74, 6) is 0.347. The molecule has 0 N–H and O–H groups in total. The third kappa shape index (κ3) is 3.86. The Kier molecular flexibility index (Phi) is 5.01. The Labute approximate surface area is 161 Å². The van der Waals surface area contributed by atoms with Crippen LogP contribution >= 0.6 is 0 Å². The average Bonchev–Trinajstić information content (AvgIpc) is 3.41. The molecule has 2 aromatic heterocycles. The quantitative estimate of drug-likeness (QED) is 0.479. The molecule has 0 saturated heterocycles. The summed E-state index contributed by atoms with van der Waals surface area (Å²) in [7, 11) is 0. The molecule has 0 atom stereocenters. The molecule has 4 aromatic rings. The summed E-state index contributed by atoms with van der Waals surface area (Å²) in [6.07, 6.45) is 1.53. The number of nitrogens with zero attached hydrogens (tertiary/aromatic N) is 2. The second-order valence-corrected chi connectivity index (χ2v) is 6.27. The molecule has 2 heterocycles. The van der Waals surface area contributed by atoms with E-state index in [-0.39, 0.29) is 30.5 Å². The van der Waals surface area contributed by atoms with Gasteiger partial charge < -0.3 is 13.8 Å². The molecular weight excluding hydrogens is 359 g/mol. The van der Waals surface area contributed by atoms with E-state index >= 15 is 0 Å². The van der Waals surface area contributed by atoms with Crippen molar-refractivity contribution in [3.8, 4) is 11.3 Å². The molecule has 0 aliphatic rings. The molecule has 0 aliphatic heterocycles. The zero-order valence-corrected chi connectivity index (χ0v) is 14.9. The SMILES string of the molecule is O=C(c1cc(-c2ccccc2)on1)N(Cc1ccco1)Cc1ccccc1F. The fraction of sp³-hybridized carbons (Fsp3) is 0.0909.